The van der Waals surface area contributed by atoms with E-state index in [0.717, 1.165) is 17.8 Å². The van der Waals surface area contributed by atoms with Crippen molar-refractivity contribution in [2.45, 2.75) is 12.3 Å². The number of aliphatic hydroxyl groups excluding tert-OH is 1. The minimum atomic E-state index is -4.75. The molecule has 24 heavy (non-hydrogen) atoms. The fourth-order valence-electron chi connectivity index (χ4n) is 2.53. The van der Waals surface area contributed by atoms with E-state index in [1.807, 2.05) is 29.1 Å². The molecule has 2 nitrogen and oxygen atoms in total. The average molecular weight is 335 g/mol. The van der Waals surface area contributed by atoms with Gasteiger partial charge in [0.25, 0.3) is 0 Å². The summed E-state index contributed by atoms with van der Waals surface area (Å²) in [6.07, 6.45) is -2.59. The summed E-state index contributed by atoms with van der Waals surface area (Å²) in [7, 11) is 0. The molecule has 0 spiro atoms. The number of halogens is 4. The maximum absolute atomic E-state index is 13.2. The lowest BCUT2D eigenvalue weighted by molar-refractivity contribution is -0.139. The molecule has 3 rings (SSSR count). The Hall–Kier alpha value is -2.60. The van der Waals surface area contributed by atoms with Crippen molar-refractivity contribution >= 4 is 0 Å². The van der Waals surface area contributed by atoms with Gasteiger partial charge in [0.05, 0.1) is 5.56 Å². The number of nitrogens with zero attached hydrogens (tertiary/aromatic N) is 1. The minimum absolute atomic E-state index is 0.294. The van der Waals surface area contributed by atoms with E-state index >= 15 is 0 Å². The Labute approximate surface area is 135 Å². The van der Waals surface area contributed by atoms with Crippen LogP contribution in [-0.2, 0) is 6.18 Å². The summed E-state index contributed by atoms with van der Waals surface area (Å²) in [6, 6.07) is 12.4. The maximum atomic E-state index is 13.2. The largest absolute Gasteiger partial charge is 0.416 e. The lowest BCUT2D eigenvalue weighted by Gasteiger charge is -2.18. The predicted molar refractivity (Wildman–Crippen MR) is 81.2 cm³/mol. The molecule has 2 aromatic carbocycles. The van der Waals surface area contributed by atoms with Crippen LogP contribution in [0, 0.1) is 5.82 Å². The molecule has 0 aliphatic carbocycles. The zero-order valence-corrected chi connectivity index (χ0v) is 12.3. The zero-order valence-electron chi connectivity index (χ0n) is 12.3. The van der Waals surface area contributed by atoms with Gasteiger partial charge in [-0.3, -0.25) is 0 Å². The summed E-state index contributed by atoms with van der Waals surface area (Å²) in [5.41, 5.74) is -0.448. The smallest absolute Gasteiger partial charge is 0.384 e. The number of alkyl halides is 3. The van der Waals surface area contributed by atoms with E-state index < -0.39 is 23.7 Å². The highest BCUT2D eigenvalue weighted by Crippen LogP contribution is 2.37. The molecule has 124 valence electrons. The van der Waals surface area contributed by atoms with E-state index in [0.29, 0.717) is 11.6 Å². The van der Waals surface area contributed by atoms with Gasteiger partial charge in [0.1, 0.15) is 11.9 Å². The molecular weight excluding hydrogens is 322 g/mol. The molecule has 0 saturated carbocycles. The van der Waals surface area contributed by atoms with Crippen molar-refractivity contribution in [2.75, 3.05) is 0 Å². The van der Waals surface area contributed by atoms with E-state index in [1.54, 1.807) is 24.3 Å². The van der Waals surface area contributed by atoms with Crippen molar-refractivity contribution in [3.8, 4) is 5.69 Å². The number of rotatable bonds is 3. The summed E-state index contributed by atoms with van der Waals surface area (Å²) < 4.78 is 54.2. The molecule has 0 radical (unpaired) electrons. The van der Waals surface area contributed by atoms with Gasteiger partial charge >= 0.3 is 6.18 Å². The van der Waals surface area contributed by atoms with Crippen LogP contribution in [0.4, 0.5) is 17.6 Å². The Morgan fingerprint density at radius 1 is 0.917 bits per heavy atom. The van der Waals surface area contributed by atoms with Crippen LogP contribution in [0.3, 0.4) is 0 Å². The van der Waals surface area contributed by atoms with Gasteiger partial charge in [0.15, 0.2) is 0 Å². The molecule has 0 aliphatic heterocycles. The summed E-state index contributed by atoms with van der Waals surface area (Å²) in [6.45, 7) is 0. The fraction of sp³-hybridized carbons (Fsp3) is 0.111. The van der Waals surface area contributed by atoms with Crippen LogP contribution >= 0.6 is 0 Å². The van der Waals surface area contributed by atoms with Gasteiger partial charge in [-0.25, -0.2) is 4.39 Å². The number of hydrogen-bond donors (Lipinski definition) is 1. The third kappa shape index (κ3) is 3.19. The summed E-state index contributed by atoms with van der Waals surface area (Å²) >= 11 is 0. The van der Waals surface area contributed by atoms with E-state index in [9.17, 15) is 22.7 Å². The number of benzene rings is 2. The first kappa shape index (κ1) is 16.3. The van der Waals surface area contributed by atoms with Crippen LogP contribution in [0.5, 0.6) is 0 Å². The molecule has 3 aromatic rings. The van der Waals surface area contributed by atoms with Crippen LogP contribution in [0.25, 0.3) is 5.69 Å². The second-order valence-corrected chi connectivity index (χ2v) is 5.31. The van der Waals surface area contributed by atoms with Gasteiger partial charge < -0.3 is 9.67 Å². The van der Waals surface area contributed by atoms with Gasteiger partial charge in [0, 0.05) is 18.1 Å². The van der Waals surface area contributed by atoms with Gasteiger partial charge in [-0.2, -0.15) is 13.2 Å². The first-order valence-electron chi connectivity index (χ1n) is 7.14. The third-order valence-corrected chi connectivity index (χ3v) is 3.73. The van der Waals surface area contributed by atoms with Crippen molar-refractivity contribution in [3.05, 3.63) is 89.5 Å². The normalized spacial score (nSPS) is 13.0. The molecule has 0 saturated heterocycles. The molecule has 1 atom stereocenters. The Morgan fingerprint density at radius 3 is 2.12 bits per heavy atom. The Morgan fingerprint density at radius 2 is 1.54 bits per heavy atom. The molecule has 1 heterocycles. The Kier molecular flexibility index (Phi) is 4.15. The van der Waals surface area contributed by atoms with Crippen LogP contribution in [-0.4, -0.2) is 9.67 Å². The molecule has 6 heteroatoms. The molecule has 0 amide bonds. The highest BCUT2D eigenvalue weighted by atomic mass is 19.4. The number of aromatic nitrogens is 1. The second kappa shape index (κ2) is 6.13. The first-order valence-corrected chi connectivity index (χ1v) is 7.14. The highest BCUT2D eigenvalue weighted by Gasteiger charge is 2.35. The quantitative estimate of drug-likeness (QED) is 0.689. The van der Waals surface area contributed by atoms with E-state index in [4.69, 9.17) is 0 Å². The maximum Gasteiger partial charge on any atom is 0.416 e. The summed E-state index contributed by atoms with van der Waals surface area (Å²) in [5, 5.41) is 10.3. The van der Waals surface area contributed by atoms with Crippen LogP contribution in [0.15, 0.2) is 67.0 Å². The number of aliphatic hydroxyl groups is 1. The molecule has 1 aromatic heterocycles. The van der Waals surface area contributed by atoms with Crippen molar-refractivity contribution in [1.82, 2.24) is 4.57 Å². The minimum Gasteiger partial charge on any atom is -0.384 e. The van der Waals surface area contributed by atoms with Crippen LogP contribution in [0.2, 0.25) is 0 Å². The SMILES string of the molecule is O[C@@H](c1ccc(-n2cccc2)cc1)c1ccc(F)cc1C(F)(F)F. The highest BCUT2D eigenvalue weighted by molar-refractivity contribution is 5.41. The molecule has 0 aliphatic rings. The predicted octanol–water partition coefficient (Wildman–Crippen LogP) is 4.72. The summed E-state index contributed by atoms with van der Waals surface area (Å²) in [5.74, 6) is -0.999. The monoisotopic (exact) mass is 335 g/mol. The standard InChI is InChI=1S/C18H13F4NO/c19-13-5-8-15(16(11-13)18(20,21)22)17(24)12-3-6-14(7-4-12)23-9-1-2-10-23/h1-11,17,24H/t17-/m0/s1. The van der Waals surface area contributed by atoms with E-state index in [1.165, 1.54) is 0 Å². The van der Waals surface area contributed by atoms with Crippen LogP contribution < -0.4 is 0 Å². The Bertz CT molecular complexity index is 823. The fourth-order valence-corrected chi connectivity index (χ4v) is 2.53. The Balaban J connectivity index is 1.96. The molecule has 0 unspecified atom stereocenters. The van der Waals surface area contributed by atoms with Gasteiger partial charge in [-0.05, 0) is 47.5 Å². The first-order chi connectivity index (χ1) is 11.4. The van der Waals surface area contributed by atoms with Crippen molar-refractivity contribution < 1.29 is 22.7 Å². The third-order valence-electron chi connectivity index (χ3n) is 3.73. The van der Waals surface area contributed by atoms with Crippen molar-refractivity contribution in [1.29, 1.82) is 0 Å². The molecular formula is C18H13F4NO. The van der Waals surface area contributed by atoms with Crippen molar-refractivity contribution in [3.63, 3.8) is 0 Å². The van der Waals surface area contributed by atoms with Gasteiger partial charge in [-0.15, -0.1) is 0 Å². The molecule has 0 fully saturated rings. The van der Waals surface area contributed by atoms with Gasteiger partial charge in [-0.1, -0.05) is 18.2 Å². The second-order valence-electron chi connectivity index (χ2n) is 5.31. The lowest BCUT2D eigenvalue weighted by Crippen LogP contribution is -2.13. The van der Waals surface area contributed by atoms with Crippen LogP contribution in [0.1, 0.15) is 22.8 Å². The van der Waals surface area contributed by atoms with Gasteiger partial charge in [0.2, 0.25) is 0 Å². The summed E-state index contributed by atoms with van der Waals surface area (Å²) in [4.78, 5) is 0. The average Bonchev–Trinajstić information content (AvgIpc) is 3.08. The van der Waals surface area contributed by atoms with E-state index in [2.05, 4.69) is 0 Å². The van der Waals surface area contributed by atoms with E-state index in [-0.39, 0.29) is 5.56 Å². The van der Waals surface area contributed by atoms with Crippen molar-refractivity contribution in [2.24, 2.45) is 0 Å². The molecule has 1 N–H and O–H groups in total. The lowest BCUT2D eigenvalue weighted by atomic mass is 9.96. The topological polar surface area (TPSA) is 25.2 Å². The zero-order chi connectivity index (χ0) is 17.3. The number of hydrogen-bond acceptors (Lipinski definition) is 1. The molecule has 0 bridgehead atoms.